The summed E-state index contributed by atoms with van der Waals surface area (Å²) >= 11 is 0. The van der Waals surface area contributed by atoms with E-state index in [9.17, 15) is 9.59 Å². The number of hydrogen-bond donors (Lipinski definition) is 1. The molecule has 1 aromatic carbocycles. The Morgan fingerprint density at radius 1 is 1.00 bits per heavy atom. The maximum Gasteiger partial charge on any atom is 0.256 e. The number of piperazine rings is 1. The Balaban J connectivity index is 1.37. The summed E-state index contributed by atoms with van der Waals surface area (Å²) < 4.78 is 5.33. The highest BCUT2D eigenvalue weighted by atomic mass is 16.5. The Bertz CT molecular complexity index is 833. The topological polar surface area (TPSA) is 68.9 Å². The van der Waals surface area contributed by atoms with Gasteiger partial charge in [0.1, 0.15) is 0 Å². The minimum Gasteiger partial charge on any atom is -0.379 e. The van der Waals surface area contributed by atoms with Gasteiger partial charge in [0.15, 0.2) is 0 Å². The van der Waals surface area contributed by atoms with Gasteiger partial charge in [-0.2, -0.15) is 0 Å². The smallest absolute Gasteiger partial charge is 0.256 e. The number of nitrogens with one attached hydrogen (secondary N) is 1. The Hall–Kier alpha value is -2.38. The van der Waals surface area contributed by atoms with E-state index in [-0.39, 0.29) is 11.8 Å². The molecule has 7 nitrogen and oxygen atoms in total. The van der Waals surface area contributed by atoms with E-state index in [0.29, 0.717) is 45.9 Å². The van der Waals surface area contributed by atoms with Gasteiger partial charge in [0.05, 0.1) is 25.3 Å². The molecule has 0 radical (unpaired) electrons. The van der Waals surface area contributed by atoms with Crippen LogP contribution in [0.2, 0.25) is 0 Å². The van der Waals surface area contributed by atoms with Gasteiger partial charge in [0.2, 0.25) is 5.91 Å². The van der Waals surface area contributed by atoms with Crippen molar-refractivity contribution in [1.29, 1.82) is 0 Å². The monoisotopic (exact) mass is 370 g/mol. The molecular formula is C20H26N4O3. The van der Waals surface area contributed by atoms with Gasteiger partial charge >= 0.3 is 0 Å². The first kappa shape index (κ1) is 18.0. The number of para-hydroxylation sites is 1. The van der Waals surface area contributed by atoms with Crippen LogP contribution in [0.3, 0.4) is 0 Å². The SMILES string of the molecule is Cc1[nH]c2ccccc2c1C(=O)N1CCN(C(=O)CN2CCOCC2)CC1. The number of carbonyl (C=O) groups excluding carboxylic acids is 2. The van der Waals surface area contributed by atoms with Gasteiger partial charge in [-0.15, -0.1) is 0 Å². The third kappa shape index (κ3) is 3.70. The predicted molar refractivity (Wildman–Crippen MR) is 103 cm³/mol. The van der Waals surface area contributed by atoms with E-state index < -0.39 is 0 Å². The second-order valence-corrected chi connectivity index (χ2v) is 7.23. The molecule has 0 bridgehead atoms. The van der Waals surface area contributed by atoms with Crippen molar-refractivity contribution in [3.05, 3.63) is 35.5 Å². The molecule has 2 aliphatic rings. The van der Waals surface area contributed by atoms with E-state index in [2.05, 4.69) is 9.88 Å². The van der Waals surface area contributed by atoms with Crippen molar-refractivity contribution in [2.24, 2.45) is 0 Å². The summed E-state index contributed by atoms with van der Waals surface area (Å²) in [6, 6.07) is 7.88. The minimum atomic E-state index is 0.0465. The van der Waals surface area contributed by atoms with Crippen LogP contribution < -0.4 is 0 Å². The number of carbonyl (C=O) groups is 2. The number of nitrogens with zero attached hydrogens (tertiary/aromatic N) is 3. The standard InChI is InChI=1S/C20H26N4O3/c1-15-19(16-4-2-3-5-17(16)21-15)20(26)24-8-6-23(7-9-24)18(25)14-22-10-12-27-13-11-22/h2-5,21H,6-14H2,1H3. The zero-order chi connectivity index (χ0) is 18.8. The van der Waals surface area contributed by atoms with Crippen molar-refractivity contribution in [3.8, 4) is 0 Å². The van der Waals surface area contributed by atoms with E-state index in [1.165, 1.54) is 0 Å². The Morgan fingerprint density at radius 2 is 1.67 bits per heavy atom. The molecule has 2 aliphatic heterocycles. The van der Waals surface area contributed by atoms with E-state index >= 15 is 0 Å². The lowest BCUT2D eigenvalue weighted by atomic mass is 10.1. The number of hydrogen-bond acceptors (Lipinski definition) is 4. The van der Waals surface area contributed by atoms with Gasteiger partial charge in [0.25, 0.3) is 5.91 Å². The van der Waals surface area contributed by atoms with Crippen LogP contribution in [0.15, 0.2) is 24.3 Å². The first-order valence-corrected chi connectivity index (χ1v) is 9.58. The molecule has 0 atom stereocenters. The maximum absolute atomic E-state index is 13.1. The summed E-state index contributed by atoms with van der Waals surface area (Å²) in [6.07, 6.45) is 0. The fourth-order valence-electron chi connectivity index (χ4n) is 3.92. The van der Waals surface area contributed by atoms with Crippen molar-refractivity contribution in [3.63, 3.8) is 0 Å². The lowest BCUT2D eigenvalue weighted by Gasteiger charge is -2.36. The Labute approximate surface area is 158 Å². The van der Waals surface area contributed by atoms with Crippen LogP contribution in [0.4, 0.5) is 0 Å². The van der Waals surface area contributed by atoms with Crippen LogP contribution in [-0.2, 0) is 9.53 Å². The molecule has 0 saturated carbocycles. The lowest BCUT2D eigenvalue weighted by molar-refractivity contribution is -0.134. The van der Waals surface area contributed by atoms with Gasteiger partial charge in [-0.05, 0) is 13.0 Å². The van der Waals surface area contributed by atoms with Crippen molar-refractivity contribution >= 4 is 22.7 Å². The first-order chi connectivity index (χ1) is 13.1. The quantitative estimate of drug-likeness (QED) is 0.878. The van der Waals surface area contributed by atoms with Gasteiger partial charge in [-0.1, -0.05) is 18.2 Å². The molecule has 2 aromatic rings. The summed E-state index contributed by atoms with van der Waals surface area (Å²) in [6.45, 7) is 7.73. The van der Waals surface area contributed by atoms with Crippen LogP contribution in [-0.4, -0.2) is 90.5 Å². The second-order valence-electron chi connectivity index (χ2n) is 7.23. The molecule has 2 saturated heterocycles. The average Bonchev–Trinajstić information content (AvgIpc) is 3.04. The fraction of sp³-hybridized carbons (Fsp3) is 0.500. The van der Waals surface area contributed by atoms with E-state index in [0.717, 1.165) is 35.2 Å². The molecule has 0 unspecified atom stereocenters. The molecule has 1 aromatic heterocycles. The highest BCUT2D eigenvalue weighted by Gasteiger charge is 2.28. The maximum atomic E-state index is 13.1. The average molecular weight is 370 g/mol. The molecule has 0 spiro atoms. The molecule has 0 aliphatic carbocycles. The zero-order valence-electron chi connectivity index (χ0n) is 15.7. The summed E-state index contributed by atoms with van der Waals surface area (Å²) in [5, 5.41) is 0.964. The third-order valence-electron chi connectivity index (χ3n) is 5.49. The van der Waals surface area contributed by atoms with Crippen molar-refractivity contribution in [2.75, 3.05) is 59.0 Å². The van der Waals surface area contributed by atoms with Crippen LogP contribution in [0.1, 0.15) is 16.1 Å². The molecule has 2 amide bonds. The number of H-pyrrole nitrogens is 1. The third-order valence-corrected chi connectivity index (χ3v) is 5.49. The van der Waals surface area contributed by atoms with Gasteiger partial charge in [0, 0.05) is 55.9 Å². The second kappa shape index (κ2) is 7.70. The number of ether oxygens (including phenoxy) is 1. The number of aromatic nitrogens is 1. The van der Waals surface area contributed by atoms with E-state index in [1.807, 2.05) is 41.0 Å². The van der Waals surface area contributed by atoms with Crippen molar-refractivity contribution < 1.29 is 14.3 Å². The predicted octanol–water partition coefficient (Wildman–Crippen LogP) is 1.09. The number of fused-ring (bicyclic) bond motifs is 1. The zero-order valence-corrected chi connectivity index (χ0v) is 15.7. The van der Waals surface area contributed by atoms with E-state index in [4.69, 9.17) is 4.74 Å². The number of benzene rings is 1. The number of aromatic amines is 1. The van der Waals surface area contributed by atoms with Crippen molar-refractivity contribution in [1.82, 2.24) is 19.7 Å². The molecule has 4 rings (SSSR count). The number of amides is 2. The normalized spacial score (nSPS) is 18.9. The molecular weight excluding hydrogens is 344 g/mol. The van der Waals surface area contributed by atoms with Crippen LogP contribution in [0.5, 0.6) is 0 Å². The number of aryl methyl sites for hydroxylation is 1. The summed E-state index contributed by atoms with van der Waals surface area (Å²) in [7, 11) is 0. The van der Waals surface area contributed by atoms with E-state index in [1.54, 1.807) is 0 Å². The number of morpholine rings is 1. The highest BCUT2D eigenvalue weighted by Crippen LogP contribution is 2.23. The highest BCUT2D eigenvalue weighted by molar-refractivity contribution is 6.08. The molecule has 144 valence electrons. The lowest BCUT2D eigenvalue weighted by Crippen LogP contribution is -2.53. The fourth-order valence-corrected chi connectivity index (χ4v) is 3.92. The van der Waals surface area contributed by atoms with Gasteiger partial charge in [-0.3, -0.25) is 14.5 Å². The summed E-state index contributed by atoms with van der Waals surface area (Å²) in [5.41, 5.74) is 2.63. The largest absolute Gasteiger partial charge is 0.379 e. The molecule has 7 heteroatoms. The molecule has 27 heavy (non-hydrogen) atoms. The van der Waals surface area contributed by atoms with Crippen LogP contribution in [0, 0.1) is 6.92 Å². The van der Waals surface area contributed by atoms with Crippen LogP contribution in [0.25, 0.3) is 10.9 Å². The van der Waals surface area contributed by atoms with Crippen LogP contribution >= 0.6 is 0 Å². The van der Waals surface area contributed by atoms with Crippen molar-refractivity contribution in [2.45, 2.75) is 6.92 Å². The number of rotatable bonds is 3. The molecule has 3 heterocycles. The minimum absolute atomic E-state index is 0.0465. The summed E-state index contributed by atoms with van der Waals surface area (Å²) in [4.78, 5) is 34.8. The Kier molecular flexibility index (Phi) is 5.13. The van der Waals surface area contributed by atoms with Gasteiger partial charge in [-0.25, -0.2) is 0 Å². The molecule has 2 fully saturated rings. The Morgan fingerprint density at radius 3 is 2.41 bits per heavy atom. The first-order valence-electron chi connectivity index (χ1n) is 9.58. The molecule has 1 N–H and O–H groups in total. The summed E-state index contributed by atoms with van der Waals surface area (Å²) in [5.74, 6) is 0.192. The van der Waals surface area contributed by atoms with Gasteiger partial charge < -0.3 is 19.5 Å².